The van der Waals surface area contributed by atoms with Gasteiger partial charge in [-0.15, -0.1) is 0 Å². The zero-order chi connectivity index (χ0) is 24.0. The van der Waals surface area contributed by atoms with E-state index in [0.717, 1.165) is 4.90 Å². The molecule has 1 unspecified atom stereocenters. The number of fused-ring (bicyclic) bond motifs is 1. The fourth-order valence-electron chi connectivity index (χ4n) is 3.50. The van der Waals surface area contributed by atoms with Crippen LogP contribution in [0.1, 0.15) is 50.8 Å². The van der Waals surface area contributed by atoms with E-state index in [1.807, 2.05) is 0 Å². The largest absolute Gasteiger partial charge is 0.465 e. The zero-order valence-corrected chi connectivity index (χ0v) is 18.8. The highest BCUT2D eigenvalue weighted by molar-refractivity contribution is 7.90. The molecular weight excluding hydrogens is 448 g/mol. The van der Waals surface area contributed by atoms with E-state index in [9.17, 15) is 27.6 Å². The predicted octanol–water partition coefficient (Wildman–Crippen LogP) is 1.80. The number of rotatable bonds is 11. The van der Waals surface area contributed by atoms with Crippen LogP contribution in [0.5, 0.6) is 0 Å². The fourth-order valence-corrected chi connectivity index (χ4v) is 4.83. The van der Waals surface area contributed by atoms with Gasteiger partial charge >= 0.3 is 5.97 Å². The highest BCUT2D eigenvalue weighted by Gasteiger charge is 2.39. The van der Waals surface area contributed by atoms with Crippen molar-refractivity contribution in [3.8, 4) is 0 Å². The molecule has 3 rings (SSSR count). The number of carbonyl (C=O) groups is 4. The number of nitrogens with one attached hydrogen (secondary N) is 1. The minimum atomic E-state index is -4.18. The molecule has 0 aliphatic carbocycles. The summed E-state index contributed by atoms with van der Waals surface area (Å²) in [5.74, 6) is -2.24. The number of Topliss-reactive ketones (excluding diaryl/α,β-unsaturated/α-hetero) is 1. The van der Waals surface area contributed by atoms with E-state index in [2.05, 4.69) is 4.72 Å². The first-order chi connectivity index (χ1) is 15.7. The van der Waals surface area contributed by atoms with Crippen LogP contribution in [-0.4, -0.2) is 61.8 Å². The Morgan fingerprint density at radius 2 is 1.55 bits per heavy atom. The van der Waals surface area contributed by atoms with Crippen molar-refractivity contribution in [1.82, 2.24) is 9.62 Å². The molecule has 1 atom stereocenters. The third kappa shape index (κ3) is 5.71. The van der Waals surface area contributed by atoms with Crippen LogP contribution in [0.4, 0.5) is 0 Å². The molecule has 2 amide bonds. The summed E-state index contributed by atoms with van der Waals surface area (Å²) in [6.45, 7) is 0.630. The number of esters is 1. The first-order valence-electron chi connectivity index (χ1n) is 10.4. The Kier molecular flexibility index (Phi) is 7.72. The summed E-state index contributed by atoms with van der Waals surface area (Å²) in [6.07, 6.45) is -0.280. The molecule has 2 aromatic rings. The van der Waals surface area contributed by atoms with Gasteiger partial charge in [-0.3, -0.25) is 24.1 Å². The van der Waals surface area contributed by atoms with Gasteiger partial charge in [0.1, 0.15) is 6.54 Å². The Balaban J connectivity index is 1.79. The van der Waals surface area contributed by atoms with Crippen LogP contribution < -0.4 is 4.72 Å². The van der Waals surface area contributed by atoms with Crippen LogP contribution in [-0.2, 0) is 19.6 Å². The number of carbonyl (C=O) groups excluding carboxylic acids is 4. The minimum absolute atomic E-state index is 0.0879. The molecule has 0 saturated heterocycles. The number of nitrogens with zero attached hydrogens (tertiary/aromatic N) is 1. The van der Waals surface area contributed by atoms with Gasteiger partial charge in [-0.1, -0.05) is 42.5 Å². The quantitative estimate of drug-likeness (QED) is 0.300. The lowest BCUT2D eigenvalue weighted by atomic mass is 10.1. The van der Waals surface area contributed by atoms with Crippen molar-refractivity contribution in [3.05, 3.63) is 71.3 Å². The Labute approximate surface area is 191 Å². The molecule has 10 heteroatoms. The zero-order valence-electron chi connectivity index (χ0n) is 18.0. The molecule has 1 heterocycles. The summed E-state index contributed by atoms with van der Waals surface area (Å²) in [7, 11) is -4.18. The Morgan fingerprint density at radius 3 is 2.12 bits per heavy atom. The monoisotopic (exact) mass is 472 g/mol. The highest BCUT2D eigenvalue weighted by Crippen LogP contribution is 2.24. The summed E-state index contributed by atoms with van der Waals surface area (Å²) >= 11 is 0. The van der Waals surface area contributed by atoms with E-state index in [0.29, 0.717) is 5.56 Å². The number of benzene rings is 2. The fraction of sp³-hybridized carbons (Fsp3) is 0.304. The lowest BCUT2D eigenvalue weighted by molar-refractivity contribution is -0.141. The van der Waals surface area contributed by atoms with Gasteiger partial charge < -0.3 is 4.74 Å². The number of imide groups is 1. The molecule has 0 fully saturated rings. The third-order valence-corrected chi connectivity index (χ3v) is 7.02. The lowest BCUT2D eigenvalue weighted by Crippen LogP contribution is -2.46. The van der Waals surface area contributed by atoms with Crippen molar-refractivity contribution in [1.29, 1.82) is 0 Å². The summed E-state index contributed by atoms with van der Waals surface area (Å²) in [5.41, 5.74) is 0.811. The van der Waals surface area contributed by atoms with Crippen molar-refractivity contribution in [3.63, 3.8) is 0 Å². The highest BCUT2D eigenvalue weighted by atomic mass is 32.2. The number of ether oxygens (including phenoxy) is 1. The van der Waals surface area contributed by atoms with E-state index in [4.69, 9.17) is 4.74 Å². The van der Waals surface area contributed by atoms with Gasteiger partial charge in [-0.05, 0) is 25.5 Å². The summed E-state index contributed by atoms with van der Waals surface area (Å²) < 4.78 is 32.9. The molecule has 0 spiro atoms. The second-order valence-electron chi connectivity index (χ2n) is 7.39. The van der Waals surface area contributed by atoms with E-state index in [1.54, 1.807) is 49.4 Å². The van der Waals surface area contributed by atoms with Crippen molar-refractivity contribution in [2.24, 2.45) is 0 Å². The number of hydrogen-bond acceptors (Lipinski definition) is 7. The molecule has 174 valence electrons. The van der Waals surface area contributed by atoms with Crippen molar-refractivity contribution in [2.75, 3.05) is 19.7 Å². The molecule has 0 saturated carbocycles. The standard InChI is InChI=1S/C23H24N2O7S/c1-2-32-21(27)14-24-33(30,31)17(12-13-20(26)16-8-4-3-5-9-16)15-25-22(28)18-10-6-7-11-19(18)23(25)29/h3-11,17,24H,2,12-15H2,1H3. The lowest BCUT2D eigenvalue weighted by Gasteiger charge is -2.23. The molecular formula is C23H24N2O7S. The van der Waals surface area contributed by atoms with Crippen LogP contribution in [0.2, 0.25) is 0 Å². The number of amides is 2. The second-order valence-corrected chi connectivity index (χ2v) is 9.43. The number of ketones is 1. The smallest absolute Gasteiger partial charge is 0.320 e. The van der Waals surface area contributed by atoms with E-state index < -0.39 is 46.1 Å². The first-order valence-corrected chi connectivity index (χ1v) is 12.0. The molecule has 9 nitrogen and oxygen atoms in total. The van der Waals surface area contributed by atoms with Crippen LogP contribution in [0.25, 0.3) is 0 Å². The van der Waals surface area contributed by atoms with Crippen molar-refractivity contribution < 1.29 is 32.3 Å². The Bertz CT molecular complexity index is 1130. The SMILES string of the molecule is CCOC(=O)CNS(=O)(=O)C(CCC(=O)c1ccccc1)CN1C(=O)c2ccccc2C1=O. The summed E-state index contributed by atoms with van der Waals surface area (Å²) in [4.78, 5) is 50.5. The predicted molar refractivity (Wildman–Crippen MR) is 119 cm³/mol. The van der Waals surface area contributed by atoms with Gasteiger partial charge in [0.05, 0.1) is 23.0 Å². The molecule has 33 heavy (non-hydrogen) atoms. The molecule has 1 aliphatic rings. The average Bonchev–Trinajstić information content (AvgIpc) is 3.05. The maximum absolute atomic E-state index is 13.0. The van der Waals surface area contributed by atoms with Gasteiger partial charge in [0.15, 0.2) is 5.78 Å². The van der Waals surface area contributed by atoms with Crippen LogP contribution in [0, 0.1) is 0 Å². The molecule has 1 aliphatic heterocycles. The molecule has 0 radical (unpaired) electrons. The molecule has 0 aromatic heterocycles. The summed E-state index contributed by atoms with van der Waals surface area (Å²) in [5, 5.41) is -1.30. The van der Waals surface area contributed by atoms with Crippen molar-refractivity contribution in [2.45, 2.75) is 25.0 Å². The normalized spacial score (nSPS) is 14.2. The molecule has 2 aromatic carbocycles. The molecule has 1 N–H and O–H groups in total. The van der Waals surface area contributed by atoms with Crippen LogP contribution in [0.3, 0.4) is 0 Å². The van der Waals surface area contributed by atoms with E-state index in [1.165, 1.54) is 12.1 Å². The topological polar surface area (TPSA) is 127 Å². The van der Waals surface area contributed by atoms with Gasteiger partial charge in [0.25, 0.3) is 11.8 Å². The Morgan fingerprint density at radius 1 is 0.970 bits per heavy atom. The van der Waals surface area contributed by atoms with E-state index in [-0.39, 0.29) is 36.4 Å². The molecule has 0 bridgehead atoms. The summed E-state index contributed by atoms with van der Waals surface area (Å²) in [6, 6.07) is 14.6. The maximum Gasteiger partial charge on any atom is 0.320 e. The van der Waals surface area contributed by atoms with Gasteiger partial charge in [0, 0.05) is 18.5 Å². The van der Waals surface area contributed by atoms with Crippen LogP contribution in [0.15, 0.2) is 54.6 Å². The second kappa shape index (κ2) is 10.5. The van der Waals surface area contributed by atoms with Crippen LogP contribution >= 0.6 is 0 Å². The average molecular weight is 473 g/mol. The van der Waals surface area contributed by atoms with Gasteiger partial charge in [0.2, 0.25) is 10.0 Å². The number of hydrogen-bond donors (Lipinski definition) is 1. The van der Waals surface area contributed by atoms with Crippen molar-refractivity contribution >= 4 is 33.6 Å². The minimum Gasteiger partial charge on any atom is -0.465 e. The van der Waals surface area contributed by atoms with Gasteiger partial charge in [-0.25, -0.2) is 13.1 Å². The third-order valence-electron chi connectivity index (χ3n) is 5.22. The maximum atomic E-state index is 13.0. The number of sulfonamides is 1. The van der Waals surface area contributed by atoms with E-state index >= 15 is 0 Å². The first kappa shape index (κ1) is 24.3. The Hall–Kier alpha value is -3.37. The van der Waals surface area contributed by atoms with Gasteiger partial charge in [-0.2, -0.15) is 0 Å².